The Morgan fingerprint density at radius 1 is 1.07 bits per heavy atom. The summed E-state index contributed by atoms with van der Waals surface area (Å²) in [5.74, 6) is -3.03. The van der Waals surface area contributed by atoms with Crippen molar-refractivity contribution in [1.29, 1.82) is 0 Å². The van der Waals surface area contributed by atoms with E-state index in [-0.39, 0.29) is 17.0 Å². The molecule has 11 heteroatoms. The summed E-state index contributed by atoms with van der Waals surface area (Å²) >= 11 is 6.05. The van der Waals surface area contributed by atoms with Crippen molar-refractivity contribution < 1.29 is 22.8 Å². The highest BCUT2D eigenvalue weighted by Crippen LogP contribution is 2.26. The van der Waals surface area contributed by atoms with Crippen LogP contribution in [0.2, 0.25) is 5.02 Å². The van der Waals surface area contributed by atoms with E-state index in [2.05, 4.69) is 20.7 Å². The molecule has 3 N–H and O–H groups in total. The molecule has 0 unspecified atom stereocenters. The van der Waals surface area contributed by atoms with Crippen LogP contribution in [0, 0.1) is 0 Å². The maximum atomic E-state index is 12.6. The molecule has 2 aromatic carbocycles. The molecule has 30 heavy (non-hydrogen) atoms. The molecular formula is C19H15ClF3N5O2. The Balaban J connectivity index is 1.74. The molecule has 7 nitrogen and oxygen atoms in total. The van der Waals surface area contributed by atoms with Crippen molar-refractivity contribution in [2.24, 2.45) is 0 Å². The summed E-state index contributed by atoms with van der Waals surface area (Å²) in [5.41, 5.74) is 0.850. The van der Waals surface area contributed by atoms with E-state index < -0.39 is 35.8 Å². The van der Waals surface area contributed by atoms with Gasteiger partial charge in [0.25, 0.3) is 5.91 Å². The Morgan fingerprint density at radius 2 is 1.73 bits per heavy atom. The molecule has 0 saturated carbocycles. The number of carbonyl (C=O) groups excluding carboxylic acids is 2. The number of alkyl halides is 3. The van der Waals surface area contributed by atoms with Crippen LogP contribution in [0.4, 0.5) is 19.1 Å². The maximum Gasteiger partial charge on any atom is 0.451 e. The number of aromatic nitrogens is 3. The number of anilines is 1. The molecule has 2 amide bonds. The lowest BCUT2D eigenvalue weighted by Gasteiger charge is -2.19. The Hall–Kier alpha value is -3.40. The largest absolute Gasteiger partial charge is 0.451 e. The fourth-order valence-electron chi connectivity index (χ4n) is 2.62. The summed E-state index contributed by atoms with van der Waals surface area (Å²) in [5, 5.41) is 10.2. The number of hydrogen-bond acceptors (Lipinski definition) is 4. The highest BCUT2D eigenvalue weighted by molar-refractivity contribution is 6.33. The van der Waals surface area contributed by atoms with Gasteiger partial charge in [-0.15, -0.1) is 5.10 Å². The average molecular weight is 438 g/mol. The second-order valence-electron chi connectivity index (χ2n) is 6.17. The van der Waals surface area contributed by atoms with Crippen LogP contribution in [-0.4, -0.2) is 27.0 Å². The number of nitrogens with one attached hydrogen (secondary N) is 3. The van der Waals surface area contributed by atoms with E-state index in [9.17, 15) is 22.8 Å². The third-order valence-electron chi connectivity index (χ3n) is 4.02. The molecule has 0 aliphatic carbocycles. The Bertz CT molecular complexity index is 1040. The number of aromatic amines is 1. The summed E-state index contributed by atoms with van der Waals surface area (Å²) in [7, 11) is 0. The van der Waals surface area contributed by atoms with Crippen LogP contribution in [0.1, 0.15) is 34.2 Å². The summed E-state index contributed by atoms with van der Waals surface area (Å²) in [6.45, 7) is 0. The third kappa shape index (κ3) is 5.35. The number of benzene rings is 2. The van der Waals surface area contributed by atoms with Crippen LogP contribution in [0.15, 0.2) is 54.6 Å². The molecule has 0 radical (unpaired) electrons. The van der Waals surface area contributed by atoms with Gasteiger partial charge in [0, 0.05) is 0 Å². The minimum absolute atomic E-state index is 0.226. The molecule has 1 heterocycles. The van der Waals surface area contributed by atoms with Gasteiger partial charge < -0.3 is 5.32 Å². The number of amides is 2. The van der Waals surface area contributed by atoms with Gasteiger partial charge in [-0.1, -0.05) is 54.1 Å². The van der Waals surface area contributed by atoms with Gasteiger partial charge in [0.1, 0.15) is 0 Å². The van der Waals surface area contributed by atoms with Crippen LogP contribution < -0.4 is 10.6 Å². The molecular weight excluding hydrogens is 423 g/mol. The van der Waals surface area contributed by atoms with Crippen molar-refractivity contribution in [3.8, 4) is 0 Å². The molecule has 0 bridgehead atoms. The summed E-state index contributed by atoms with van der Waals surface area (Å²) in [4.78, 5) is 28.2. The summed E-state index contributed by atoms with van der Waals surface area (Å²) in [6, 6.07) is 14.3. The monoisotopic (exact) mass is 437 g/mol. The normalized spacial score (nSPS) is 12.3. The van der Waals surface area contributed by atoms with Crippen LogP contribution >= 0.6 is 11.6 Å². The maximum absolute atomic E-state index is 12.6. The van der Waals surface area contributed by atoms with E-state index in [4.69, 9.17) is 11.6 Å². The molecule has 0 aliphatic heterocycles. The van der Waals surface area contributed by atoms with Crippen molar-refractivity contribution >= 4 is 29.4 Å². The predicted octanol–water partition coefficient (Wildman–Crippen LogP) is 3.98. The number of halogens is 4. The summed E-state index contributed by atoms with van der Waals surface area (Å²) in [6.07, 6.45) is -4.98. The standard InChI is InChI=1S/C19H15ClF3N5O2/c20-13-9-5-4-8-12(13)16(30)24-14(11-6-2-1-3-7-11)10-15(29)25-18-26-17(27-28-18)19(21,22)23/h1-9,14H,10H2,(H,24,30)(H2,25,26,27,28,29)/t14-/m0/s1. The molecule has 0 fully saturated rings. The molecule has 156 valence electrons. The topological polar surface area (TPSA) is 99.8 Å². The van der Waals surface area contributed by atoms with E-state index >= 15 is 0 Å². The molecule has 1 aromatic heterocycles. The first-order valence-electron chi connectivity index (χ1n) is 8.64. The van der Waals surface area contributed by atoms with Crippen LogP contribution in [0.5, 0.6) is 0 Å². The van der Waals surface area contributed by atoms with Crippen LogP contribution in [0.25, 0.3) is 0 Å². The number of H-pyrrole nitrogens is 1. The summed E-state index contributed by atoms with van der Waals surface area (Å²) < 4.78 is 37.8. The minimum atomic E-state index is -4.72. The smallest absolute Gasteiger partial charge is 0.345 e. The van der Waals surface area contributed by atoms with Crippen molar-refractivity contribution in [3.63, 3.8) is 0 Å². The van der Waals surface area contributed by atoms with Gasteiger partial charge in [-0.3, -0.25) is 20.0 Å². The van der Waals surface area contributed by atoms with Crippen molar-refractivity contribution in [1.82, 2.24) is 20.5 Å². The molecule has 1 atom stereocenters. The van der Waals surface area contributed by atoms with Crippen molar-refractivity contribution in [2.45, 2.75) is 18.6 Å². The zero-order valence-corrected chi connectivity index (χ0v) is 16.0. The van der Waals surface area contributed by atoms with Crippen LogP contribution in [-0.2, 0) is 11.0 Å². The number of rotatable bonds is 6. The molecule has 0 saturated heterocycles. The van der Waals surface area contributed by atoms with E-state index in [0.717, 1.165) is 0 Å². The van der Waals surface area contributed by atoms with Gasteiger partial charge in [0.15, 0.2) is 0 Å². The minimum Gasteiger partial charge on any atom is -0.345 e. The second kappa shape index (κ2) is 8.95. The highest BCUT2D eigenvalue weighted by Gasteiger charge is 2.35. The van der Waals surface area contributed by atoms with Gasteiger partial charge in [-0.2, -0.15) is 18.2 Å². The fourth-order valence-corrected chi connectivity index (χ4v) is 2.85. The fraction of sp³-hybridized carbons (Fsp3) is 0.158. The second-order valence-corrected chi connectivity index (χ2v) is 6.58. The average Bonchev–Trinajstić information content (AvgIpc) is 3.17. The predicted molar refractivity (Wildman–Crippen MR) is 103 cm³/mol. The van der Waals surface area contributed by atoms with Crippen LogP contribution in [0.3, 0.4) is 0 Å². The van der Waals surface area contributed by atoms with E-state index in [1.54, 1.807) is 53.6 Å². The van der Waals surface area contributed by atoms with Gasteiger partial charge in [-0.25, -0.2) is 0 Å². The molecule has 3 aromatic rings. The highest BCUT2D eigenvalue weighted by atomic mass is 35.5. The number of hydrogen-bond donors (Lipinski definition) is 3. The van der Waals surface area contributed by atoms with E-state index in [1.807, 2.05) is 0 Å². The first-order chi connectivity index (χ1) is 14.2. The quantitative estimate of drug-likeness (QED) is 0.543. The third-order valence-corrected chi connectivity index (χ3v) is 4.35. The Labute approximate surface area is 173 Å². The number of nitrogens with zero attached hydrogens (tertiary/aromatic N) is 2. The molecule has 0 aliphatic rings. The number of carbonyl (C=O) groups is 2. The lowest BCUT2D eigenvalue weighted by Crippen LogP contribution is -2.31. The Morgan fingerprint density at radius 3 is 2.37 bits per heavy atom. The first kappa shape index (κ1) is 21.3. The van der Waals surface area contributed by atoms with Gasteiger partial charge in [-0.05, 0) is 17.7 Å². The van der Waals surface area contributed by atoms with Gasteiger partial charge in [0.05, 0.1) is 23.0 Å². The van der Waals surface area contributed by atoms with E-state index in [0.29, 0.717) is 5.56 Å². The van der Waals surface area contributed by atoms with Crippen molar-refractivity contribution in [3.05, 3.63) is 76.6 Å². The van der Waals surface area contributed by atoms with Gasteiger partial charge in [0.2, 0.25) is 17.7 Å². The SMILES string of the molecule is O=C(C[C@H](NC(=O)c1ccccc1Cl)c1ccccc1)Nc1n[nH]c(C(F)(F)F)n1. The Kier molecular flexibility index (Phi) is 6.36. The first-order valence-corrected chi connectivity index (χ1v) is 9.01. The molecule has 0 spiro atoms. The van der Waals surface area contributed by atoms with Gasteiger partial charge >= 0.3 is 6.18 Å². The molecule has 3 rings (SSSR count). The van der Waals surface area contributed by atoms with E-state index in [1.165, 1.54) is 6.07 Å². The lowest BCUT2D eigenvalue weighted by molar-refractivity contribution is -0.144. The van der Waals surface area contributed by atoms with Crippen molar-refractivity contribution in [2.75, 3.05) is 5.32 Å². The zero-order valence-electron chi connectivity index (χ0n) is 15.2. The zero-order chi connectivity index (χ0) is 21.7. The lowest BCUT2D eigenvalue weighted by atomic mass is 10.0.